The molecule has 0 fully saturated rings. The minimum Gasteiger partial charge on any atom is -0.508 e. The SMILES string of the molecule is C#CC#CC#CC#CC#CC#CC#CC#CC#CC#CC#C.C#CC#CC#CC#CC#CC#CC#CC#CC#CC#CC#C.C#CC#CC#CC#CC#CC#CC#CC#CC#CC#CC#COc1ccc(C(Cl)c2ccc(O)cc2)cc1.C#CC#CC#CC#CC#CC#CC#CC#CC#CC#CC#COc1ccc(C(NCc2ccccc2)c2ccc(O)cc2)cc1.NCc1ccccc1.[HH].[HH].[HH].[HH].[HH].[HH].[HH].[HH].[HH].[HH].[HH].[HH].[HH].[HH].[HH].[HH].[HH].[HH].[HH].[HH].[HH].[HH].[HH].[HH].[HH].[HH].[HH].[HH].[HH].[HH].[HH].[HH].[HH].[HH].[HH].[HH].[HH].[HH].[HH].[HH].[HH].[HH].[HH].[HH].[HH].[HH].[HH].[HH].[HH].[HH].[HH].[HH].[HH].[HH].[HH].[HH].[HH].[HH].[HH].[HH].[HH].[HH].[HH].[HH].[HH].[HH].[HH].[HH].[HH].[HH].[HH].[HH].[HH].[HH].[HH].[HH].[HH].[HH].[HH].[HH].[HH].[HH].[HH].[HH].[HH].[HH]. The lowest BCUT2D eigenvalue weighted by Gasteiger charge is -2.20. The van der Waals surface area contributed by atoms with Crippen LogP contribution in [-0.4, -0.2) is 10.2 Å². The molecule has 768 valence electrons. The summed E-state index contributed by atoms with van der Waals surface area (Å²) in [5.41, 5.74) is 11.5. The zero-order valence-electron chi connectivity index (χ0n) is 70.2. The predicted molar refractivity (Wildman–Crippen MR) is 718 cm³/mol. The molecule has 6 aromatic carbocycles. The van der Waals surface area contributed by atoms with Crippen LogP contribution in [0.4, 0.5) is 0 Å². The van der Waals surface area contributed by atoms with Gasteiger partial charge in [-0.3, -0.25) is 0 Å². The van der Waals surface area contributed by atoms with Gasteiger partial charge in [0.1, 0.15) is 35.2 Å². The largest absolute Gasteiger partial charge is 0.508 e. The highest BCUT2D eigenvalue weighted by Gasteiger charge is 2.15. The lowest BCUT2D eigenvalue weighted by molar-refractivity contribution is 0.474. The second kappa shape index (κ2) is 83.0. The number of hydrogen-bond acceptors (Lipinski definition) is 6. The number of nitrogens with two attached hydrogens (primary N) is 1. The zero-order chi connectivity index (χ0) is 96.8. The fourth-order valence-electron chi connectivity index (χ4n) is 7.29. The number of rotatable bonds is 10. The van der Waals surface area contributed by atoms with E-state index in [1.807, 2.05) is 97.1 Å². The summed E-state index contributed by atoms with van der Waals surface area (Å²) >= 11 is 6.48. The van der Waals surface area contributed by atoms with Crippen LogP contribution < -0.4 is 20.5 Å². The Bertz CT molecular complexity index is 8350. The van der Waals surface area contributed by atoms with Gasteiger partial charge in [-0.05, 0) is 366 Å². The van der Waals surface area contributed by atoms with Crippen LogP contribution in [0.3, 0.4) is 0 Å². The first-order chi connectivity index (χ1) is 66.7. The first kappa shape index (κ1) is 106. The topological polar surface area (TPSA) is 97.0 Å². The summed E-state index contributed by atoms with van der Waals surface area (Å²) in [6, 6.07) is 48.8. The van der Waals surface area contributed by atoms with Gasteiger partial charge in [0, 0.05) is 325 Å². The summed E-state index contributed by atoms with van der Waals surface area (Å²) in [7, 11) is 0. The summed E-state index contributed by atoms with van der Waals surface area (Å²) in [6.07, 6.45) is 34.5. The van der Waals surface area contributed by atoms with Gasteiger partial charge in [-0.2, -0.15) is 0 Å². The van der Waals surface area contributed by atoms with E-state index in [2.05, 4.69) is 503 Å². The van der Waals surface area contributed by atoms with Crippen LogP contribution in [0.15, 0.2) is 158 Å². The van der Waals surface area contributed by atoms with Gasteiger partial charge in [-0.15, -0.1) is 50.1 Å². The molecule has 6 aromatic rings. The molecule has 7 heteroatoms. The second-order valence-corrected chi connectivity index (χ2v) is 21.6. The lowest BCUT2D eigenvalue weighted by atomic mass is 9.98. The first-order valence-electron chi connectivity index (χ1n) is 36.7. The highest BCUT2D eigenvalue weighted by Crippen LogP contribution is 2.31. The molecule has 0 amide bonds. The summed E-state index contributed by atoms with van der Waals surface area (Å²) in [4.78, 5) is 0. The smallest absolute Gasteiger partial charge is 0.140 e. The van der Waals surface area contributed by atoms with Gasteiger partial charge in [-0.25, -0.2) is 0 Å². The number of phenolic OH excluding ortho intramolecular Hbond substituents is 2. The maximum atomic E-state index is 9.72. The summed E-state index contributed by atoms with van der Waals surface area (Å²) < 4.78 is 10.8. The molecular formula is C128H215ClN2O4. The van der Waals surface area contributed by atoms with Crippen molar-refractivity contribution < 1.29 is 142 Å². The Hall–Kier alpha value is -24.6. The molecule has 5 N–H and O–H groups in total. The number of alkyl halides is 1. The van der Waals surface area contributed by atoms with E-state index in [4.69, 9.17) is 65.3 Å². The number of terminal acetylenes is 6. The van der Waals surface area contributed by atoms with Crippen LogP contribution in [0, 0.1) is 524 Å². The molecular weight excluding hydrogens is 1660 g/mol. The quantitative estimate of drug-likeness (QED) is 0.0806. The third-order valence-corrected chi connectivity index (χ3v) is 13.0. The Balaban J connectivity index is -0.0000000119. The van der Waals surface area contributed by atoms with E-state index < -0.39 is 0 Å². The van der Waals surface area contributed by atoms with E-state index in [-0.39, 0.29) is 146 Å². The average molecular weight is 1880 g/mol. The Labute approximate surface area is 927 Å². The van der Waals surface area contributed by atoms with Gasteiger partial charge < -0.3 is 30.7 Å². The summed E-state index contributed by atoms with van der Waals surface area (Å²) in [6.45, 7) is 1.32. The van der Waals surface area contributed by atoms with Crippen molar-refractivity contribution in [3.05, 3.63) is 191 Å². The lowest BCUT2D eigenvalue weighted by Crippen LogP contribution is -2.22. The fraction of sp³-hybridized carbons (Fsp3) is 0.0312. The third-order valence-electron chi connectivity index (χ3n) is 12.5. The van der Waals surface area contributed by atoms with Gasteiger partial charge in [0.15, 0.2) is 0 Å². The molecule has 0 aliphatic heterocycles. The number of phenols is 2. The Morgan fingerprint density at radius 2 is 0.400 bits per heavy atom. The standard InChI is InChI=1S/C42H19NO2.C35H11ClO2.2C22H2.C7H9N.86H2/c1-2-3-4-5-6-7-8-9-10-11-12-13-14-15-16-17-18-19-20-24-35-45-41-33-29-39(30-34-41)42(38-27-31-40(44)32-28-38)43-36-37-25-22-21-23-26-37;1-2-3-4-5-6-7-8-9-10-11-12-13-14-15-16-17-18-19-20-21-30-38-34-28-24-32(25-29-34)35(36)31-22-26-33(37)27-23-31;2*1-3-5-7-9-11-13-15-17-19-21-22-20-18-16-14-12-10-8-6-4-2;8-6-7-4-2-1-3-5-7;;;;;;;;;;;;;;;;;;;;;;;;;;;;;;;;;;;;;;;;;;;;;;;;;;;;;;;;;;;;;;;;;;;;;;;;;;;;;;;;;;;;;;/h1,21-23,25-34,42-44H,36H2;1,22-29,35,37H;2*1-2H;1-5H,6,8H2;86*1H. The third kappa shape index (κ3) is 65.9. The molecule has 0 aromatic heterocycles. The van der Waals surface area contributed by atoms with Crippen molar-refractivity contribution in [2.24, 2.45) is 5.73 Å². The van der Waals surface area contributed by atoms with Crippen molar-refractivity contribution in [3.8, 4) is 547 Å². The molecule has 135 heavy (non-hydrogen) atoms. The average Bonchev–Trinajstić information content (AvgIpc) is 0.830. The molecule has 0 aliphatic rings. The Kier molecular flexibility index (Phi) is 65.5. The van der Waals surface area contributed by atoms with Crippen LogP contribution in [0.5, 0.6) is 23.0 Å². The molecule has 0 heterocycles. The molecule has 0 saturated heterocycles. The van der Waals surface area contributed by atoms with Crippen molar-refractivity contribution in [1.82, 2.24) is 5.32 Å². The monoisotopic (exact) mass is 1880 g/mol. The number of aromatic hydroxyl groups is 2. The van der Waals surface area contributed by atoms with E-state index in [9.17, 15) is 10.2 Å². The molecule has 2 atom stereocenters. The summed E-state index contributed by atoms with van der Waals surface area (Å²) in [5.74, 6) is 197. The van der Waals surface area contributed by atoms with Gasteiger partial charge in [0.25, 0.3) is 0 Å². The molecule has 0 saturated carbocycles. The molecule has 0 aliphatic carbocycles. The van der Waals surface area contributed by atoms with E-state index in [0.717, 1.165) is 22.3 Å². The zero-order valence-corrected chi connectivity index (χ0v) is 71.0. The van der Waals surface area contributed by atoms with Crippen LogP contribution in [0.1, 0.15) is 167 Å². The summed E-state index contributed by atoms with van der Waals surface area (Å²) in [5, 5.41) is 22.4. The molecule has 2 unspecified atom stereocenters. The predicted octanol–water partition coefficient (Wildman–Crippen LogP) is 30.9. The molecule has 6 rings (SSSR count). The van der Waals surface area contributed by atoms with Crippen LogP contribution >= 0.6 is 11.6 Å². The Morgan fingerprint density at radius 1 is 0.230 bits per heavy atom. The van der Waals surface area contributed by atoms with Crippen molar-refractivity contribution in [1.29, 1.82) is 0 Å². The maximum Gasteiger partial charge on any atom is 0.140 e. The van der Waals surface area contributed by atoms with Crippen LogP contribution in [0.25, 0.3) is 0 Å². The van der Waals surface area contributed by atoms with Gasteiger partial charge in [0.05, 0.1) is 11.4 Å². The van der Waals surface area contributed by atoms with Crippen LogP contribution in [-0.2, 0) is 13.1 Å². The highest BCUT2D eigenvalue weighted by molar-refractivity contribution is 6.22. The number of halogens is 1. The Morgan fingerprint density at radius 3 is 0.593 bits per heavy atom. The second-order valence-electron chi connectivity index (χ2n) is 21.2. The van der Waals surface area contributed by atoms with Gasteiger partial charge in [0.2, 0.25) is 0 Å². The van der Waals surface area contributed by atoms with Crippen molar-refractivity contribution in [3.63, 3.8) is 0 Å². The first-order valence-corrected chi connectivity index (χ1v) is 37.2. The molecule has 0 bridgehead atoms. The molecule has 6 nitrogen and oxygen atoms in total. The van der Waals surface area contributed by atoms with Crippen molar-refractivity contribution in [2.75, 3.05) is 0 Å². The van der Waals surface area contributed by atoms with Gasteiger partial charge in [-0.1, -0.05) is 109 Å². The number of hydrogen-bond donors (Lipinski definition) is 4. The van der Waals surface area contributed by atoms with E-state index in [0.29, 0.717) is 24.6 Å². The minimum absolute atomic E-state index is 0. The number of benzene rings is 6. The minimum atomic E-state index is -0.347. The highest BCUT2D eigenvalue weighted by atomic mass is 35.5. The number of nitrogens with one attached hydrogen (secondary N) is 1. The fourth-order valence-corrected chi connectivity index (χ4v) is 7.58. The van der Waals surface area contributed by atoms with Crippen LogP contribution in [0.2, 0.25) is 0 Å². The molecule has 0 radical (unpaired) electrons. The maximum absolute atomic E-state index is 9.72. The van der Waals surface area contributed by atoms with E-state index in [1.165, 1.54) is 11.1 Å². The van der Waals surface area contributed by atoms with E-state index >= 15 is 0 Å². The number of ether oxygens (including phenoxy) is 2. The van der Waals surface area contributed by atoms with Crippen molar-refractivity contribution in [2.45, 2.75) is 24.5 Å². The molecule has 0 spiro atoms. The van der Waals surface area contributed by atoms with E-state index in [1.54, 1.807) is 48.5 Å². The van der Waals surface area contributed by atoms with Crippen molar-refractivity contribution >= 4 is 11.6 Å². The normalized spacial score (nSPS) is 6.61. The van der Waals surface area contributed by atoms with Gasteiger partial charge >= 0.3 is 0 Å².